The van der Waals surface area contributed by atoms with E-state index in [1.165, 1.54) is 11.8 Å². The highest BCUT2D eigenvalue weighted by Gasteiger charge is 2.51. The molecule has 2 aliphatic heterocycles. The van der Waals surface area contributed by atoms with Gasteiger partial charge in [-0.3, -0.25) is 4.90 Å². The third-order valence-electron chi connectivity index (χ3n) is 5.23. The molecule has 0 aromatic carbocycles. The Hall–Kier alpha value is -0.470. The first kappa shape index (κ1) is 17.4. The van der Waals surface area contributed by atoms with Crippen LogP contribution < -0.4 is 0 Å². The number of ether oxygens (including phenoxy) is 1. The van der Waals surface area contributed by atoms with Crippen LogP contribution in [0.5, 0.6) is 0 Å². The van der Waals surface area contributed by atoms with Crippen molar-refractivity contribution in [3.8, 4) is 0 Å². The standard InChI is InChI=1S/C16H26N2O3S2/c1-21-12-15-3-5-16(18(15)23(2,19)20)6-8-17(9-7-16)11-14-4-10-22-13-14/h4,10,13,15H,3,5-9,11-12H2,1-2H3/t15-/m1/s1. The summed E-state index contributed by atoms with van der Waals surface area (Å²) in [7, 11) is -1.57. The maximum atomic E-state index is 12.4. The summed E-state index contributed by atoms with van der Waals surface area (Å²) in [5.74, 6) is 0. The largest absolute Gasteiger partial charge is 0.383 e. The van der Waals surface area contributed by atoms with E-state index in [0.717, 1.165) is 45.3 Å². The van der Waals surface area contributed by atoms with Gasteiger partial charge in [0.1, 0.15) is 0 Å². The van der Waals surface area contributed by atoms with Gasteiger partial charge in [0, 0.05) is 38.3 Å². The first-order valence-electron chi connectivity index (χ1n) is 8.16. The minimum absolute atomic E-state index is 0.00146. The quantitative estimate of drug-likeness (QED) is 0.809. The van der Waals surface area contributed by atoms with E-state index < -0.39 is 10.0 Å². The second kappa shape index (κ2) is 6.80. The van der Waals surface area contributed by atoms with Crippen molar-refractivity contribution < 1.29 is 13.2 Å². The van der Waals surface area contributed by atoms with Gasteiger partial charge in [-0.1, -0.05) is 0 Å². The van der Waals surface area contributed by atoms with E-state index in [1.807, 2.05) is 0 Å². The van der Waals surface area contributed by atoms with Gasteiger partial charge in [0.05, 0.1) is 12.9 Å². The first-order valence-corrected chi connectivity index (χ1v) is 11.0. The van der Waals surface area contributed by atoms with Gasteiger partial charge in [0.15, 0.2) is 0 Å². The molecule has 1 atom stereocenters. The Morgan fingerprint density at radius 3 is 2.65 bits per heavy atom. The molecule has 0 unspecified atom stereocenters. The number of sulfonamides is 1. The molecule has 0 bridgehead atoms. The van der Waals surface area contributed by atoms with Crippen molar-refractivity contribution in [3.63, 3.8) is 0 Å². The lowest BCUT2D eigenvalue weighted by molar-refractivity contribution is 0.0658. The lowest BCUT2D eigenvalue weighted by Crippen LogP contribution is -2.56. The summed E-state index contributed by atoms with van der Waals surface area (Å²) in [5, 5.41) is 4.30. The Kier molecular flexibility index (Phi) is 5.13. The van der Waals surface area contributed by atoms with E-state index in [0.29, 0.717) is 6.61 Å². The maximum absolute atomic E-state index is 12.4. The minimum Gasteiger partial charge on any atom is -0.383 e. The molecule has 23 heavy (non-hydrogen) atoms. The number of hydrogen-bond acceptors (Lipinski definition) is 5. The molecule has 0 amide bonds. The van der Waals surface area contributed by atoms with Crippen LogP contribution in [-0.2, 0) is 21.3 Å². The van der Waals surface area contributed by atoms with Crippen LogP contribution in [0.4, 0.5) is 0 Å². The van der Waals surface area contributed by atoms with Crippen molar-refractivity contribution in [2.24, 2.45) is 0 Å². The van der Waals surface area contributed by atoms with Crippen LogP contribution in [0.25, 0.3) is 0 Å². The van der Waals surface area contributed by atoms with Gasteiger partial charge in [-0.15, -0.1) is 0 Å². The fourth-order valence-corrected chi connectivity index (χ4v) is 6.60. The third-order valence-corrected chi connectivity index (χ3v) is 7.36. The highest BCUT2D eigenvalue weighted by Crippen LogP contribution is 2.43. The summed E-state index contributed by atoms with van der Waals surface area (Å²) in [5.41, 5.74) is 1.16. The summed E-state index contributed by atoms with van der Waals surface area (Å²) in [6, 6.07) is 2.17. The van der Waals surface area contributed by atoms with Gasteiger partial charge in [0.25, 0.3) is 0 Å². The van der Waals surface area contributed by atoms with Gasteiger partial charge < -0.3 is 4.74 Å². The Balaban J connectivity index is 1.70. The van der Waals surface area contributed by atoms with Crippen molar-refractivity contribution >= 4 is 21.4 Å². The number of thiophene rings is 1. The number of nitrogens with zero attached hydrogens (tertiary/aromatic N) is 2. The fraction of sp³-hybridized carbons (Fsp3) is 0.750. The molecular weight excluding hydrogens is 332 g/mol. The molecule has 3 heterocycles. The van der Waals surface area contributed by atoms with Crippen LogP contribution in [0.15, 0.2) is 16.8 Å². The number of piperidine rings is 1. The smallest absolute Gasteiger partial charge is 0.212 e. The summed E-state index contributed by atoms with van der Waals surface area (Å²) in [4.78, 5) is 2.44. The first-order chi connectivity index (χ1) is 10.9. The van der Waals surface area contributed by atoms with E-state index >= 15 is 0 Å². The van der Waals surface area contributed by atoms with Crippen LogP contribution >= 0.6 is 11.3 Å². The second-order valence-corrected chi connectivity index (χ2v) is 9.48. The molecule has 5 nitrogen and oxygen atoms in total. The van der Waals surface area contributed by atoms with E-state index in [-0.39, 0.29) is 11.6 Å². The highest BCUT2D eigenvalue weighted by molar-refractivity contribution is 7.88. The summed E-state index contributed by atoms with van der Waals surface area (Å²) >= 11 is 1.73. The molecule has 1 spiro atoms. The monoisotopic (exact) mass is 358 g/mol. The fourth-order valence-electron chi connectivity index (χ4n) is 4.25. The molecule has 2 saturated heterocycles. The van der Waals surface area contributed by atoms with Crippen LogP contribution in [0.3, 0.4) is 0 Å². The predicted molar refractivity (Wildman–Crippen MR) is 93.1 cm³/mol. The van der Waals surface area contributed by atoms with Crippen LogP contribution in [-0.4, -0.2) is 62.3 Å². The molecule has 3 rings (SSSR count). The average Bonchev–Trinajstić information content (AvgIpc) is 3.10. The summed E-state index contributed by atoms with van der Waals surface area (Å²) in [6.45, 7) is 3.39. The molecule has 0 N–H and O–H groups in total. The van der Waals surface area contributed by atoms with Crippen molar-refractivity contribution in [1.29, 1.82) is 0 Å². The van der Waals surface area contributed by atoms with Gasteiger partial charge >= 0.3 is 0 Å². The van der Waals surface area contributed by atoms with Crippen LogP contribution in [0, 0.1) is 0 Å². The molecule has 1 aromatic rings. The average molecular weight is 359 g/mol. The van der Waals surface area contributed by atoms with Gasteiger partial charge in [0.2, 0.25) is 10.0 Å². The zero-order chi connectivity index (χ0) is 16.5. The molecule has 0 saturated carbocycles. The van der Waals surface area contributed by atoms with Gasteiger partial charge in [-0.2, -0.15) is 15.6 Å². The highest BCUT2D eigenvalue weighted by atomic mass is 32.2. The lowest BCUT2D eigenvalue weighted by atomic mass is 9.86. The van der Waals surface area contributed by atoms with Crippen molar-refractivity contribution in [1.82, 2.24) is 9.21 Å². The molecule has 2 fully saturated rings. The Morgan fingerprint density at radius 2 is 2.09 bits per heavy atom. The lowest BCUT2D eigenvalue weighted by Gasteiger charge is -2.45. The zero-order valence-electron chi connectivity index (χ0n) is 13.9. The van der Waals surface area contributed by atoms with Crippen molar-refractivity contribution in [2.75, 3.05) is 33.1 Å². The van der Waals surface area contributed by atoms with Gasteiger partial charge in [-0.25, -0.2) is 8.42 Å². The van der Waals surface area contributed by atoms with E-state index in [4.69, 9.17) is 4.74 Å². The Labute approximate surface area is 143 Å². The predicted octanol–water partition coefficient (Wildman–Crippen LogP) is 2.15. The Morgan fingerprint density at radius 1 is 1.35 bits per heavy atom. The summed E-state index contributed by atoms with van der Waals surface area (Å²) in [6.07, 6.45) is 5.06. The van der Waals surface area contributed by atoms with Crippen molar-refractivity contribution in [3.05, 3.63) is 22.4 Å². The van der Waals surface area contributed by atoms with E-state index in [2.05, 4.69) is 21.7 Å². The summed E-state index contributed by atoms with van der Waals surface area (Å²) < 4.78 is 31.8. The SMILES string of the molecule is COC[C@H]1CCC2(CCN(Cc3ccsc3)CC2)N1S(C)(=O)=O. The maximum Gasteiger partial charge on any atom is 0.212 e. The molecule has 0 radical (unpaired) electrons. The van der Waals surface area contributed by atoms with E-state index in [1.54, 1.807) is 22.8 Å². The Bertz CT molecular complexity index is 607. The van der Waals surface area contributed by atoms with Gasteiger partial charge in [-0.05, 0) is 48.1 Å². The van der Waals surface area contributed by atoms with Crippen LogP contribution in [0.1, 0.15) is 31.2 Å². The topological polar surface area (TPSA) is 49.9 Å². The molecular formula is C16H26N2O3S2. The molecule has 7 heteroatoms. The minimum atomic E-state index is -3.21. The number of rotatable bonds is 5. The molecule has 130 valence electrons. The zero-order valence-corrected chi connectivity index (χ0v) is 15.5. The molecule has 1 aromatic heterocycles. The van der Waals surface area contributed by atoms with Crippen molar-refractivity contribution in [2.45, 2.75) is 43.8 Å². The second-order valence-electron chi connectivity index (χ2n) is 6.84. The molecule has 0 aliphatic carbocycles. The third kappa shape index (κ3) is 3.64. The van der Waals surface area contributed by atoms with E-state index in [9.17, 15) is 8.42 Å². The normalized spacial score (nSPS) is 26.1. The number of methoxy groups -OCH3 is 1. The number of likely N-dealkylation sites (tertiary alicyclic amines) is 1. The molecule has 2 aliphatic rings. The number of hydrogen-bond donors (Lipinski definition) is 0. The van der Waals surface area contributed by atoms with Crippen LogP contribution in [0.2, 0.25) is 0 Å².